The Labute approximate surface area is 181 Å². The highest BCUT2D eigenvalue weighted by Gasteiger charge is 2.27. The van der Waals surface area contributed by atoms with Gasteiger partial charge in [0.25, 0.3) is 0 Å². The second-order valence-electron chi connectivity index (χ2n) is 7.39. The summed E-state index contributed by atoms with van der Waals surface area (Å²) < 4.78 is 10.2. The molecule has 0 aliphatic carbocycles. The summed E-state index contributed by atoms with van der Waals surface area (Å²) in [6.45, 7) is 7.19. The van der Waals surface area contributed by atoms with E-state index in [2.05, 4.69) is 34.1 Å². The van der Waals surface area contributed by atoms with Crippen molar-refractivity contribution >= 4 is 23.5 Å². The van der Waals surface area contributed by atoms with Gasteiger partial charge in [0.05, 0.1) is 25.5 Å². The van der Waals surface area contributed by atoms with Crippen LogP contribution >= 0.6 is 0 Å². The van der Waals surface area contributed by atoms with Crippen LogP contribution in [0.4, 0.5) is 11.6 Å². The van der Waals surface area contributed by atoms with Gasteiger partial charge in [0.1, 0.15) is 0 Å². The quantitative estimate of drug-likeness (QED) is 0.533. The molecule has 3 heterocycles. The summed E-state index contributed by atoms with van der Waals surface area (Å²) in [6.07, 6.45) is 1.75. The van der Waals surface area contributed by atoms with Gasteiger partial charge in [0.2, 0.25) is 5.95 Å². The average Bonchev–Trinajstić information content (AvgIpc) is 2.84. The number of piperazine rings is 1. The molecule has 1 aromatic heterocycles. The molecule has 0 bridgehead atoms. The van der Waals surface area contributed by atoms with Crippen LogP contribution in [0, 0.1) is 0 Å². The third-order valence-electron chi connectivity index (χ3n) is 5.48. The first-order valence-corrected chi connectivity index (χ1v) is 10.6. The van der Waals surface area contributed by atoms with Crippen molar-refractivity contribution in [2.75, 3.05) is 68.9 Å². The molecule has 4 rings (SSSR count). The first-order valence-electron chi connectivity index (χ1n) is 10.6. The van der Waals surface area contributed by atoms with Crippen LogP contribution in [0.15, 0.2) is 36.5 Å². The average molecular weight is 425 g/mol. The third-order valence-corrected chi connectivity index (χ3v) is 5.48. The molecular weight excluding hydrogens is 398 g/mol. The van der Waals surface area contributed by atoms with Crippen LogP contribution in [-0.4, -0.2) is 85.8 Å². The lowest BCUT2D eigenvalue weighted by molar-refractivity contribution is -0.160. The minimum Gasteiger partial charge on any atom is -0.459 e. The van der Waals surface area contributed by atoms with E-state index in [0.29, 0.717) is 32.1 Å². The van der Waals surface area contributed by atoms with Gasteiger partial charge in [-0.25, -0.2) is 14.8 Å². The van der Waals surface area contributed by atoms with E-state index in [0.717, 1.165) is 37.6 Å². The third kappa shape index (κ3) is 4.93. The number of benzene rings is 1. The first-order chi connectivity index (χ1) is 15.2. The molecule has 164 valence electrons. The number of hydrogen-bond acceptors (Lipinski definition) is 8. The number of esters is 1. The number of carbonyl (C=O) groups is 2. The Balaban J connectivity index is 1.40. The normalized spacial score (nSPS) is 16.9. The summed E-state index contributed by atoms with van der Waals surface area (Å²) >= 11 is 0. The summed E-state index contributed by atoms with van der Waals surface area (Å²) in [4.78, 5) is 38.8. The molecule has 0 N–H and O–H groups in total. The van der Waals surface area contributed by atoms with Crippen LogP contribution in [0.1, 0.15) is 6.92 Å². The lowest BCUT2D eigenvalue weighted by atomic mass is 10.1. The van der Waals surface area contributed by atoms with Gasteiger partial charge in [-0.15, -0.1) is 0 Å². The largest absolute Gasteiger partial charge is 0.459 e. The van der Waals surface area contributed by atoms with Crippen molar-refractivity contribution in [2.24, 2.45) is 0 Å². The number of ether oxygens (including phenoxy) is 2. The molecule has 2 aromatic rings. The van der Waals surface area contributed by atoms with Gasteiger partial charge >= 0.3 is 11.9 Å². The van der Waals surface area contributed by atoms with Gasteiger partial charge in [0.15, 0.2) is 0 Å². The SMILES string of the molecule is CCOC(=O)C(=O)N1CCN(c2nccc(-c3ccc(N4CCOCC4)cc3)n2)CC1. The zero-order valence-corrected chi connectivity index (χ0v) is 17.7. The Morgan fingerprint density at radius 2 is 1.68 bits per heavy atom. The predicted octanol–water partition coefficient (Wildman–Crippen LogP) is 1.19. The smallest absolute Gasteiger partial charge is 0.397 e. The summed E-state index contributed by atoms with van der Waals surface area (Å²) in [5.74, 6) is -0.760. The molecule has 2 aliphatic rings. The number of nitrogens with zero attached hydrogens (tertiary/aromatic N) is 5. The number of hydrogen-bond donors (Lipinski definition) is 0. The number of morpholine rings is 1. The van der Waals surface area contributed by atoms with Crippen LogP contribution in [0.5, 0.6) is 0 Å². The Bertz CT molecular complexity index is 906. The number of carbonyl (C=O) groups excluding carboxylic acids is 2. The second kappa shape index (κ2) is 9.74. The van der Waals surface area contributed by atoms with Gasteiger partial charge in [-0.1, -0.05) is 12.1 Å². The van der Waals surface area contributed by atoms with Crippen molar-refractivity contribution in [3.63, 3.8) is 0 Å². The molecule has 2 aliphatic heterocycles. The van der Waals surface area contributed by atoms with Crippen molar-refractivity contribution in [2.45, 2.75) is 6.92 Å². The maximum atomic E-state index is 12.1. The molecule has 2 fully saturated rings. The van der Waals surface area contributed by atoms with Gasteiger partial charge < -0.3 is 24.2 Å². The maximum Gasteiger partial charge on any atom is 0.397 e. The molecule has 1 aromatic carbocycles. The highest BCUT2D eigenvalue weighted by atomic mass is 16.5. The van der Waals surface area contributed by atoms with Crippen molar-refractivity contribution in [1.29, 1.82) is 0 Å². The lowest BCUT2D eigenvalue weighted by Gasteiger charge is -2.34. The molecule has 2 saturated heterocycles. The minimum atomic E-state index is -0.797. The van der Waals surface area contributed by atoms with Gasteiger partial charge in [0, 0.05) is 56.7 Å². The molecule has 1 amide bonds. The molecule has 0 saturated carbocycles. The Kier molecular flexibility index (Phi) is 6.61. The van der Waals surface area contributed by atoms with E-state index >= 15 is 0 Å². The van der Waals surface area contributed by atoms with Crippen LogP contribution < -0.4 is 9.80 Å². The molecule has 9 heteroatoms. The number of rotatable bonds is 4. The molecule has 0 atom stereocenters. The van der Waals surface area contributed by atoms with Crippen LogP contribution in [-0.2, 0) is 19.1 Å². The lowest BCUT2D eigenvalue weighted by Crippen LogP contribution is -2.51. The minimum absolute atomic E-state index is 0.193. The summed E-state index contributed by atoms with van der Waals surface area (Å²) in [7, 11) is 0. The summed E-state index contributed by atoms with van der Waals surface area (Å²) in [5, 5.41) is 0. The molecule has 9 nitrogen and oxygen atoms in total. The first kappa shape index (κ1) is 21.0. The Morgan fingerprint density at radius 3 is 2.35 bits per heavy atom. The van der Waals surface area contributed by atoms with E-state index in [9.17, 15) is 9.59 Å². The fraction of sp³-hybridized carbons (Fsp3) is 0.455. The van der Waals surface area contributed by atoms with E-state index in [-0.39, 0.29) is 6.61 Å². The van der Waals surface area contributed by atoms with Crippen LogP contribution in [0.3, 0.4) is 0 Å². The molecule has 0 radical (unpaired) electrons. The molecule has 31 heavy (non-hydrogen) atoms. The van der Waals surface area contributed by atoms with Crippen molar-refractivity contribution < 1.29 is 19.1 Å². The van der Waals surface area contributed by atoms with Crippen LogP contribution in [0.2, 0.25) is 0 Å². The summed E-state index contributed by atoms with van der Waals surface area (Å²) in [6, 6.07) is 10.3. The van der Waals surface area contributed by atoms with Crippen LogP contribution in [0.25, 0.3) is 11.3 Å². The van der Waals surface area contributed by atoms with Crippen molar-refractivity contribution in [3.8, 4) is 11.3 Å². The monoisotopic (exact) mass is 425 g/mol. The zero-order chi connectivity index (χ0) is 21.6. The molecular formula is C22H27N5O4. The van der Waals surface area contributed by atoms with E-state index in [1.165, 1.54) is 10.6 Å². The number of aromatic nitrogens is 2. The van der Waals surface area contributed by atoms with E-state index in [1.807, 2.05) is 11.0 Å². The van der Waals surface area contributed by atoms with Gasteiger partial charge in [-0.2, -0.15) is 0 Å². The molecule has 0 spiro atoms. The van der Waals surface area contributed by atoms with Gasteiger partial charge in [-0.3, -0.25) is 4.79 Å². The fourth-order valence-electron chi connectivity index (χ4n) is 3.76. The highest BCUT2D eigenvalue weighted by Crippen LogP contribution is 2.24. The second-order valence-corrected chi connectivity index (χ2v) is 7.39. The van der Waals surface area contributed by atoms with E-state index in [4.69, 9.17) is 14.5 Å². The molecule has 0 unspecified atom stereocenters. The fourth-order valence-corrected chi connectivity index (χ4v) is 3.76. The van der Waals surface area contributed by atoms with E-state index < -0.39 is 11.9 Å². The Morgan fingerprint density at radius 1 is 0.968 bits per heavy atom. The van der Waals surface area contributed by atoms with Crippen molar-refractivity contribution in [3.05, 3.63) is 36.5 Å². The highest BCUT2D eigenvalue weighted by molar-refractivity contribution is 6.32. The maximum absolute atomic E-state index is 12.1. The van der Waals surface area contributed by atoms with Gasteiger partial charge in [-0.05, 0) is 25.1 Å². The number of anilines is 2. The van der Waals surface area contributed by atoms with E-state index in [1.54, 1.807) is 13.1 Å². The van der Waals surface area contributed by atoms with Crippen molar-refractivity contribution in [1.82, 2.24) is 14.9 Å². The summed E-state index contributed by atoms with van der Waals surface area (Å²) in [5.41, 5.74) is 3.06. The Hall–Kier alpha value is -3.20. The topological polar surface area (TPSA) is 88.1 Å². The standard InChI is InChI=1S/C22H27N5O4/c1-2-31-21(29)20(28)26-9-11-27(12-10-26)22-23-8-7-19(24-22)17-3-5-18(6-4-17)25-13-15-30-16-14-25/h3-8H,2,9-16H2,1H3. The predicted molar refractivity (Wildman–Crippen MR) is 116 cm³/mol. The zero-order valence-electron chi connectivity index (χ0n) is 17.7. The number of amides is 1.